The fourth-order valence-corrected chi connectivity index (χ4v) is 2.75. The van der Waals surface area contributed by atoms with E-state index in [4.69, 9.17) is 5.73 Å². The topological polar surface area (TPSA) is 55.1 Å². The highest BCUT2D eigenvalue weighted by Gasteiger charge is 2.23. The molecule has 0 aliphatic heterocycles. The van der Waals surface area contributed by atoms with Crippen LogP contribution in [-0.4, -0.2) is 12.5 Å². The zero-order valence-corrected chi connectivity index (χ0v) is 12.6. The lowest BCUT2D eigenvalue weighted by atomic mass is 9.84. The number of hydrogen-bond donors (Lipinski definition) is 2. The van der Waals surface area contributed by atoms with Gasteiger partial charge in [0.15, 0.2) is 0 Å². The number of rotatable bonds is 5. The van der Waals surface area contributed by atoms with Gasteiger partial charge in [-0.25, -0.2) is 0 Å². The molecule has 102 valence electrons. The maximum absolute atomic E-state index is 12.0. The molecule has 3 nitrogen and oxygen atoms in total. The molecule has 1 aromatic rings. The quantitative estimate of drug-likeness (QED) is 0.862. The monoisotopic (exact) mass is 268 g/mol. The van der Waals surface area contributed by atoms with Gasteiger partial charge in [-0.2, -0.15) is 0 Å². The van der Waals surface area contributed by atoms with Crippen molar-refractivity contribution in [3.05, 3.63) is 21.9 Å². The maximum atomic E-state index is 12.0. The second kappa shape index (κ2) is 6.34. The lowest BCUT2D eigenvalue weighted by molar-refractivity contribution is -0.125. The zero-order valence-electron chi connectivity index (χ0n) is 11.7. The van der Waals surface area contributed by atoms with Gasteiger partial charge in [-0.15, -0.1) is 11.3 Å². The van der Waals surface area contributed by atoms with E-state index in [9.17, 15) is 4.79 Å². The third-order valence-corrected chi connectivity index (χ3v) is 3.75. The largest absolute Gasteiger partial charge is 0.351 e. The average Bonchev–Trinajstić information content (AvgIpc) is 2.67. The molecule has 1 aromatic heterocycles. The molecule has 1 unspecified atom stereocenters. The predicted molar refractivity (Wildman–Crippen MR) is 77.5 cm³/mol. The van der Waals surface area contributed by atoms with E-state index in [1.807, 2.05) is 0 Å². The van der Waals surface area contributed by atoms with Crippen LogP contribution >= 0.6 is 11.3 Å². The van der Waals surface area contributed by atoms with Crippen LogP contribution in [0.3, 0.4) is 0 Å². The van der Waals surface area contributed by atoms with Crippen molar-refractivity contribution in [3.8, 4) is 0 Å². The van der Waals surface area contributed by atoms with Gasteiger partial charge in [-0.05, 0) is 30.9 Å². The van der Waals surface area contributed by atoms with Gasteiger partial charge >= 0.3 is 0 Å². The summed E-state index contributed by atoms with van der Waals surface area (Å²) in [4.78, 5) is 14.5. The number of nitrogens with two attached hydrogens (primary N) is 1. The molecule has 1 heterocycles. The highest BCUT2D eigenvalue weighted by molar-refractivity contribution is 7.11. The van der Waals surface area contributed by atoms with Crippen LogP contribution in [0.1, 0.15) is 36.9 Å². The zero-order chi connectivity index (χ0) is 13.8. The first-order valence-electron chi connectivity index (χ1n) is 6.35. The molecule has 0 radical (unpaired) electrons. The van der Waals surface area contributed by atoms with Crippen molar-refractivity contribution in [3.63, 3.8) is 0 Å². The Morgan fingerprint density at radius 2 is 2.11 bits per heavy atom. The minimum absolute atomic E-state index is 0.0680. The van der Waals surface area contributed by atoms with Crippen LogP contribution in [0.25, 0.3) is 0 Å². The first kappa shape index (κ1) is 15.2. The Morgan fingerprint density at radius 1 is 1.44 bits per heavy atom. The second-order valence-electron chi connectivity index (χ2n) is 5.93. The number of carbonyl (C=O) groups excluding carboxylic acids is 1. The summed E-state index contributed by atoms with van der Waals surface area (Å²) in [5, 5.41) is 2.98. The fourth-order valence-electron chi connectivity index (χ4n) is 1.92. The van der Waals surface area contributed by atoms with Crippen molar-refractivity contribution >= 4 is 17.2 Å². The highest BCUT2D eigenvalue weighted by Crippen LogP contribution is 2.24. The number of aryl methyl sites for hydroxylation is 1. The molecule has 0 bridgehead atoms. The van der Waals surface area contributed by atoms with E-state index in [0.29, 0.717) is 13.1 Å². The minimum Gasteiger partial charge on any atom is -0.351 e. The van der Waals surface area contributed by atoms with Gasteiger partial charge in [0, 0.05) is 16.3 Å². The maximum Gasteiger partial charge on any atom is 0.224 e. The van der Waals surface area contributed by atoms with Crippen LogP contribution in [0, 0.1) is 18.3 Å². The molecular formula is C14H24N2OS. The summed E-state index contributed by atoms with van der Waals surface area (Å²) in [7, 11) is 0. The summed E-state index contributed by atoms with van der Waals surface area (Å²) in [6, 6.07) is 4.13. The number of carbonyl (C=O) groups is 1. The van der Waals surface area contributed by atoms with E-state index < -0.39 is 0 Å². The highest BCUT2D eigenvalue weighted by atomic mass is 32.1. The Hall–Kier alpha value is -0.870. The van der Waals surface area contributed by atoms with Crippen LogP contribution in [0.5, 0.6) is 0 Å². The van der Waals surface area contributed by atoms with Crippen LogP contribution in [0.2, 0.25) is 0 Å². The van der Waals surface area contributed by atoms with Gasteiger partial charge in [-0.1, -0.05) is 20.8 Å². The predicted octanol–water partition coefficient (Wildman–Crippen LogP) is 2.68. The molecule has 1 amide bonds. The molecule has 0 aromatic carbocycles. The van der Waals surface area contributed by atoms with Gasteiger partial charge in [0.25, 0.3) is 0 Å². The molecule has 0 fully saturated rings. The molecule has 18 heavy (non-hydrogen) atoms. The van der Waals surface area contributed by atoms with Crippen molar-refractivity contribution in [2.75, 3.05) is 6.54 Å². The number of thiophene rings is 1. The van der Waals surface area contributed by atoms with Gasteiger partial charge < -0.3 is 11.1 Å². The van der Waals surface area contributed by atoms with Crippen molar-refractivity contribution in [1.82, 2.24) is 5.32 Å². The van der Waals surface area contributed by atoms with E-state index in [1.165, 1.54) is 9.75 Å². The van der Waals surface area contributed by atoms with Crippen molar-refractivity contribution in [2.24, 2.45) is 17.1 Å². The van der Waals surface area contributed by atoms with Gasteiger partial charge in [-0.3, -0.25) is 4.79 Å². The smallest absolute Gasteiger partial charge is 0.224 e. The van der Waals surface area contributed by atoms with E-state index in [1.54, 1.807) is 11.3 Å². The molecule has 0 saturated carbocycles. The van der Waals surface area contributed by atoms with Gasteiger partial charge in [0.1, 0.15) is 0 Å². The Balaban J connectivity index is 2.47. The summed E-state index contributed by atoms with van der Waals surface area (Å²) in [5.41, 5.74) is 5.82. The first-order chi connectivity index (χ1) is 8.31. The molecule has 0 aliphatic rings. The van der Waals surface area contributed by atoms with Crippen LogP contribution in [0.15, 0.2) is 12.1 Å². The number of nitrogens with one attached hydrogen (secondary N) is 1. The average molecular weight is 268 g/mol. The normalized spacial score (nSPS) is 13.4. The molecular weight excluding hydrogens is 244 g/mol. The van der Waals surface area contributed by atoms with E-state index in [2.05, 4.69) is 45.1 Å². The number of hydrogen-bond acceptors (Lipinski definition) is 3. The van der Waals surface area contributed by atoms with Crippen LogP contribution in [0.4, 0.5) is 0 Å². The molecule has 3 N–H and O–H groups in total. The molecule has 1 atom stereocenters. The van der Waals surface area contributed by atoms with Crippen LogP contribution in [-0.2, 0) is 11.3 Å². The molecule has 4 heteroatoms. The summed E-state index contributed by atoms with van der Waals surface area (Å²) in [6.45, 7) is 9.48. The minimum atomic E-state index is -0.0916. The van der Waals surface area contributed by atoms with Gasteiger partial charge in [0.05, 0.1) is 12.5 Å². The Morgan fingerprint density at radius 3 is 2.56 bits per heavy atom. The standard InChI is InChI=1S/C14H24N2OS/c1-10-5-6-12(18-10)9-16-13(17)11(8-15)7-14(2,3)4/h5-6,11H,7-9,15H2,1-4H3,(H,16,17). The van der Waals surface area contributed by atoms with Crippen molar-refractivity contribution in [2.45, 2.75) is 40.7 Å². The fraction of sp³-hybridized carbons (Fsp3) is 0.643. The third kappa shape index (κ3) is 5.19. The number of amides is 1. The first-order valence-corrected chi connectivity index (χ1v) is 7.16. The molecule has 0 aliphatic carbocycles. The van der Waals surface area contributed by atoms with Crippen LogP contribution < -0.4 is 11.1 Å². The lowest BCUT2D eigenvalue weighted by Gasteiger charge is -2.24. The molecule has 0 saturated heterocycles. The SMILES string of the molecule is Cc1ccc(CNC(=O)C(CN)CC(C)(C)C)s1. The Labute approximate surface area is 114 Å². The Bertz CT molecular complexity index is 393. The molecule has 0 spiro atoms. The van der Waals surface area contributed by atoms with Crippen molar-refractivity contribution < 1.29 is 4.79 Å². The summed E-state index contributed by atoms with van der Waals surface area (Å²) < 4.78 is 0. The lowest BCUT2D eigenvalue weighted by Crippen LogP contribution is -2.36. The van der Waals surface area contributed by atoms with Gasteiger partial charge in [0.2, 0.25) is 5.91 Å². The van der Waals surface area contributed by atoms with E-state index in [0.717, 1.165) is 6.42 Å². The summed E-state index contributed by atoms with van der Waals surface area (Å²) in [6.07, 6.45) is 0.818. The van der Waals surface area contributed by atoms with Crippen molar-refractivity contribution in [1.29, 1.82) is 0 Å². The summed E-state index contributed by atoms with van der Waals surface area (Å²) >= 11 is 1.72. The molecule has 1 rings (SSSR count). The van der Waals surface area contributed by atoms with E-state index >= 15 is 0 Å². The Kier molecular flexibility index (Phi) is 5.35. The second-order valence-corrected chi connectivity index (χ2v) is 7.30. The van der Waals surface area contributed by atoms with E-state index in [-0.39, 0.29) is 17.2 Å². The third-order valence-electron chi connectivity index (χ3n) is 2.75. The summed E-state index contributed by atoms with van der Waals surface area (Å²) in [5.74, 6) is -0.0236.